The fourth-order valence-electron chi connectivity index (χ4n) is 3.87. The van der Waals surface area contributed by atoms with Gasteiger partial charge >= 0.3 is 0 Å². The molecule has 0 fully saturated rings. The number of hydrogen-bond acceptors (Lipinski definition) is 3. The molecule has 0 N–H and O–H groups in total. The van der Waals surface area contributed by atoms with E-state index in [1.54, 1.807) is 0 Å². The maximum Gasteiger partial charge on any atom is 0.0390 e. The van der Waals surface area contributed by atoms with Crippen LogP contribution in [0.25, 0.3) is 0 Å². The minimum absolute atomic E-state index is 0.206. The number of benzene rings is 3. The molecule has 29 heavy (non-hydrogen) atoms. The molecule has 152 valence electrons. The van der Waals surface area contributed by atoms with Crippen molar-refractivity contribution in [1.29, 1.82) is 0 Å². The van der Waals surface area contributed by atoms with Crippen molar-refractivity contribution in [3.63, 3.8) is 0 Å². The molecule has 0 saturated heterocycles. The maximum absolute atomic E-state index is 2.33. The molecule has 0 amide bonds. The fraction of sp³-hybridized carbons (Fsp3) is 0.308. The molecule has 0 aliphatic heterocycles. The topological polar surface area (TPSA) is 9.72 Å². The molecular weight excluding hydrogens is 354 g/mol. The van der Waals surface area contributed by atoms with Crippen molar-refractivity contribution in [2.45, 2.75) is 12.8 Å². The average molecular weight is 388 g/mol. The van der Waals surface area contributed by atoms with Gasteiger partial charge in [-0.15, -0.1) is 0 Å². The number of aryl methyl sites for hydroxylation is 1. The van der Waals surface area contributed by atoms with Crippen molar-refractivity contribution >= 4 is 17.1 Å². The summed E-state index contributed by atoms with van der Waals surface area (Å²) < 4.78 is 0. The van der Waals surface area contributed by atoms with Crippen molar-refractivity contribution in [1.82, 2.24) is 0 Å². The molecule has 0 radical (unpaired) electrons. The summed E-state index contributed by atoms with van der Waals surface area (Å²) in [6.45, 7) is 2.19. The Morgan fingerprint density at radius 3 is 1.28 bits per heavy atom. The second kappa shape index (κ2) is 8.60. The highest BCUT2D eigenvalue weighted by Gasteiger charge is 2.18. The lowest BCUT2D eigenvalue weighted by atomic mass is 9.84. The molecule has 3 rings (SSSR count). The number of rotatable bonds is 6. The van der Waals surface area contributed by atoms with Gasteiger partial charge in [-0.25, -0.2) is 0 Å². The van der Waals surface area contributed by atoms with E-state index in [2.05, 4.69) is 131 Å². The molecule has 3 heteroatoms. The number of hydrogen-bond donors (Lipinski definition) is 0. The van der Waals surface area contributed by atoms with E-state index in [-0.39, 0.29) is 5.92 Å². The number of anilines is 3. The molecule has 0 aliphatic carbocycles. The molecular formula is C26H33N3. The van der Waals surface area contributed by atoms with E-state index < -0.39 is 0 Å². The first-order chi connectivity index (χ1) is 13.8. The Morgan fingerprint density at radius 1 is 0.517 bits per heavy atom. The Labute approximate surface area is 176 Å². The van der Waals surface area contributed by atoms with Crippen LogP contribution in [-0.4, -0.2) is 42.3 Å². The van der Waals surface area contributed by atoms with E-state index in [1.165, 1.54) is 39.3 Å². The Morgan fingerprint density at radius 2 is 0.931 bits per heavy atom. The summed E-state index contributed by atoms with van der Waals surface area (Å²) in [5.41, 5.74) is 8.94. The van der Waals surface area contributed by atoms with Crippen molar-refractivity contribution in [3.8, 4) is 0 Å². The predicted molar refractivity (Wildman–Crippen MR) is 128 cm³/mol. The maximum atomic E-state index is 2.33. The normalized spacial score (nSPS) is 10.9. The van der Waals surface area contributed by atoms with Crippen LogP contribution in [0, 0.1) is 6.92 Å². The van der Waals surface area contributed by atoms with Crippen molar-refractivity contribution in [3.05, 3.63) is 89.0 Å². The minimum atomic E-state index is 0.206. The summed E-state index contributed by atoms with van der Waals surface area (Å²) in [5, 5.41) is 0. The summed E-state index contributed by atoms with van der Waals surface area (Å²) in [4.78, 5) is 6.45. The van der Waals surface area contributed by atoms with Crippen LogP contribution < -0.4 is 14.7 Å². The molecule has 0 unspecified atom stereocenters. The lowest BCUT2D eigenvalue weighted by Crippen LogP contribution is -2.12. The van der Waals surface area contributed by atoms with Gasteiger partial charge in [-0.3, -0.25) is 0 Å². The van der Waals surface area contributed by atoms with Crippen LogP contribution in [0.15, 0.2) is 66.7 Å². The first kappa shape index (κ1) is 20.8. The van der Waals surface area contributed by atoms with Crippen LogP contribution in [0.1, 0.15) is 28.2 Å². The van der Waals surface area contributed by atoms with Crippen LogP contribution in [0.3, 0.4) is 0 Å². The van der Waals surface area contributed by atoms with E-state index >= 15 is 0 Å². The predicted octanol–water partition coefficient (Wildman–Crippen LogP) is 5.37. The van der Waals surface area contributed by atoms with Crippen LogP contribution >= 0.6 is 0 Å². The Kier molecular flexibility index (Phi) is 6.17. The molecule has 0 aliphatic rings. The largest absolute Gasteiger partial charge is 0.378 e. The van der Waals surface area contributed by atoms with Crippen LogP contribution in [0.5, 0.6) is 0 Å². The van der Waals surface area contributed by atoms with E-state index in [9.17, 15) is 0 Å². The molecule has 3 aromatic rings. The van der Waals surface area contributed by atoms with Gasteiger partial charge in [0.1, 0.15) is 0 Å². The average Bonchev–Trinajstić information content (AvgIpc) is 2.69. The van der Waals surface area contributed by atoms with Crippen LogP contribution in [0.4, 0.5) is 17.1 Å². The zero-order chi connectivity index (χ0) is 21.1. The molecule has 0 bridgehead atoms. The van der Waals surface area contributed by atoms with Gasteiger partial charge in [-0.05, 0) is 59.5 Å². The Bertz CT molecular complexity index is 887. The highest BCUT2D eigenvalue weighted by molar-refractivity contribution is 5.58. The zero-order valence-corrected chi connectivity index (χ0v) is 18.8. The third-order valence-corrected chi connectivity index (χ3v) is 5.52. The Hall–Kier alpha value is -2.94. The summed E-state index contributed by atoms with van der Waals surface area (Å²) in [6.07, 6.45) is 0. The monoisotopic (exact) mass is 387 g/mol. The second-order valence-electron chi connectivity index (χ2n) is 8.35. The van der Waals surface area contributed by atoms with Crippen LogP contribution in [0.2, 0.25) is 0 Å². The van der Waals surface area contributed by atoms with E-state index in [4.69, 9.17) is 0 Å². The van der Waals surface area contributed by atoms with Gasteiger partial charge in [-0.1, -0.05) is 36.4 Å². The Balaban J connectivity index is 2.09. The third-order valence-electron chi connectivity index (χ3n) is 5.52. The third kappa shape index (κ3) is 4.56. The summed E-state index contributed by atoms with van der Waals surface area (Å²) in [5.74, 6) is 0.206. The standard InChI is InChI=1S/C26H33N3/c1-19-18-22(12-17-25(19)29(6)7)26(20-8-13-23(14-9-20)27(2)3)21-10-15-24(16-11-21)28(4)5/h8-18,26H,1-7H3. The molecule has 0 atom stereocenters. The first-order valence-corrected chi connectivity index (χ1v) is 10.1. The zero-order valence-electron chi connectivity index (χ0n) is 18.8. The van der Waals surface area contributed by atoms with Gasteiger partial charge in [0, 0.05) is 65.3 Å². The molecule has 0 saturated carbocycles. The first-order valence-electron chi connectivity index (χ1n) is 10.1. The van der Waals surface area contributed by atoms with Crippen molar-refractivity contribution in [2.24, 2.45) is 0 Å². The fourth-order valence-corrected chi connectivity index (χ4v) is 3.87. The molecule has 0 heterocycles. The molecule has 3 aromatic carbocycles. The molecule has 0 spiro atoms. The van der Waals surface area contributed by atoms with Gasteiger partial charge in [0.05, 0.1) is 0 Å². The number of nitrogens with zero attached hydrogens (tertiary/aromatic N) is 3. The quantitative estimate of drug-likeness (QED) is 0.526. The van der Waals surface area contributed by atoms with E-state index in [1.807, 2.05) is 0 Å². The lowest BCUT2D eigenvalue weighted by Gasteiger charge is -2.23. The van der Waals surface area contributed by atoms with Gasteiger partial charge in [0.15, 0.2) is 0 Å². The van der Waals surface area contributed by atoms with Gasteiger partial charge in [0.25, 0.3) is 0 Å². The lowest BCUT2D eigenvalue weighted by molar-refractivity contribution is 0.967. The van der Waals surface area contributed by atoms with Gasteiger partial charge < -0.3 is 14.7 Å². The van der Waals surface area contributed by atoms with E-state index in [0.717, 1.165) is 0 Å². The van der Waals surface area contributed by atoms with Crippen LogP contribution in [-0.2, 0) is 0 Å². The summed E-state index contributed by atoms with van der Waals surface area (Å²) in [6, 6.07) is 24.7. The van der Waals surface area contributed by atoms with Crippen molar-refractivity contribution in [2.75, 3.05) is 57.0 Å². The summed E-state index contributed by atoms with van der Waals surface area (Å²) >= 11 is 0. The van der Waals surface area contributed by atoms with E-state index in [0.29, 0.717) is 0 Å². The highest BCUT2D eigenvalue weighted by Crippen LogP contribution is 2.35. The van der Waals surface area contributed by atoms with Gasteiger partial charge in [-0.2, -0.15) is 0 Å². The highest BCUT2D eigenvalue weighted by atomic mass is 15.1. The van der Waals surface area contributed by atoms with Gasteiger partial charge in [0.2, 0.25) is 0 Å². The molecule has 3 nitrogen and oxygen atoms in total. The minimum Gasteiger partial charge on any atom is -0.378 e. The van der Waals surface area contributed by atoms with Crippen molar-refractivity contribution < 1.29 is 0 Å². The summed E-state index contributed by atoms with van der Waals surface area (Å²) in [7, 11) is 12.5. The second-order valence-corrected chi connectivity index (χ2v) is 8.35. The molecule has 0 aromatic heterocycles. The SMILES string of the molecule is Cc1cc(C(c2ccc(N(C)C)cc2)c2ccc(N(C)C)cc2)ccc1N(C)C. The smallest absolute Gasteiger partial charge is 0.0390 e.